The molecule has 0 radical (unpaired) electrons. The van der Waals surface area contributed by atoms with Gasteiger partial charge >= 0.3 is 0 Å². The molecule has 110 valence electrons. The lowest BCUT2D eigenvalue weighted by molar-refractivity contribution is 0.0996. The molecule has 1 saturated heterocycles. The van der Waals surface area contributed by atoms with Crippen molar-refractivity contribution in [1.82, 2.24) is 9.97 Å². The summed E-state index contributed by atoms with van der Waals surface area (Å²) in [6.07, 6.45) is 5.27. The molecule has 2 aromatic rings. The topological polar surface area (TPSA) is 71.3 Å². The first kappa shape index (κ1) is 13.6. The van der Waals surface area contributed by atoms with Crippen LogP contribution in [0.2, 0.25) is 0 Å². The van der Waals surface area contributed by atoms with Gasteiger partial charge < -0.3 is 14.6 Å². The predicted octanol–water partition coefficient (Wildman–Crippen LogP) is 2.56. The minimum Gasteiger partial charge on any atom is -0.459 e. The summed E-state index contributed by atoms with van der Waals surface area (Å²) in [5.74, 6) is 2.06. The van der Waals surface area contributed by atoms with Crippen LogP contribution in [0.25, 0.3) is 0 Å². The maximum atomic E-state index is 11.9. The van der Waals surface area contributed by atoms with Crippen LogP contribution < -0.4 is 10.2 Å². The van der Waals surface area contributed by atoms with Crippen molar-refractivity contribution < 1.29 is 9.21 Å². The van der Waals surface area contributed by atoms with Gasteiger partial charge in [0.15, 0.2) is 5.76 Å². The van der Waals surface area contributed by atoms with E-state index in [1.54, 1.807) is 18.2 Å². The molecule has 0 saturated carbocycles. The molecule has 3 rings (SSSR count). The molecule has 0 spiro atoms. The highest BCUT2D eigenvalue weighted by molar-refractivity contribution is 6.01. The summed E-state index contributed by atoms with van der Waals surface area (Å²) in [6, 6.07) is 5.09. The normalized spacial score (nSPS) is 16.0. The fraction of sp³-hybridized carbons (Fsp3) is 0.400. The lowest BCUT2D eigenvalue weighted by Gasteiger charge is -2.31. The van der Waals surface area contributed by atoms with Gasteiger partial charge in [-0.1, -0.05) is 6.92 Å². The van der Waals surface area contributed by atoms with Crippen LogP contribution in [0, 0.1) is 5.92 Å². The minimum absolute atomic E-state index is 0.266. The number of carbonyl (C=O) groups excluding carboxylic acids is 1. The molecule has 0 unspecified atom stereocenters. The van der Waals surface area contributed by atoms with E-state index >= 15 is 0 Å². The number of hydrogen-bond acceptors (Lipinski definition) is 5. The van der Waals surface area contributed by atoms with Crippen molar-refractivity contribution in [2.24, 2.45) is 5.92 Å². The van der Waals surface area contributed by atoms with Crippen molar-refractivity contribution in [1.29, 1.82) is 0 Å². The number of nitrogens with zero attached hydrogens (tertiary/aromatic N) is 3. The Labute approximate surface area is 123 Å². The lowest BCUT2D eigenvalue weighted by Crippen LogP contribution is -2.33. The van der Waals surface area contributed by atoms with Crippen molar-refractivity contribution in [2.45, 2.75) is 19.8 Å². The largest absolute Gasteiger partial charge is 0.459 e. The lowest BCUT2D eigenvalue weighted by atomic mass is 9.99. The Morgan fingerprint density at radius 1 is 1.38 bits per heavy atom. The average Bonchev–Trinajstić information content (AvgIpc) is 3.02. The molecular formula is C15H18N4O2. The van der Waals surface area contributed by atoms with Crippen molar-refractivity contribution in [3.05, 3.63) is 36.5 Å². The van der Waals surface area contributed by atoms with Crippen LogP contribution >= 0.6 is 0 Å². The third-order valence-corrected chi connectivity index (χ3v) is 3.75. The van der Waals surface area contributed by atoms with Gasteiger partial charge in [-0.3, -0.25) is 4.79 Å². The third-order valence-electron chi connectivity index (χ3n) is 3.75. The molecule has 6 nitrogen and oxygen atoms in total. The predicted molar refractivity (Wildman–Crippen MR) is 79.3 cm³/mol. The summed E-state index contributed by atoms with van der Waals surface area (Å²) >= 11 is 0. The third kappa shape index (κ3) is 3.21. The summed E-state index contributed by atoms with van der Waals surface area (Å²) in [7, 11) is 0. The fourth-order valence-electron chi connectivity index (χ4n) is 2.41. The summed E-state index contributed by atoms with van der Waals surface area (Å²) in [4.78, 5) is 22.5. The molecule has 1 amide bonds. The van der Waals surface area contributed by atoms with Crippen LogP contribution in [0.15, 0.2) is 35.2 Å². The van der Waals surface area contributed by atoms with Crippen molar-refractivity contribution in [3.8, 4) is 0 Å². The van der Waals surface area contributed by atoms with Crippen molar-refractivity contribution >= 4 is 17.5 Å². The molecule has 1 fully saturated rings. The first-order valence-corrected chi connectivity index (χ1v) is 7.14. The Bertz CT molecular complexity index is 604. The molecule has 6 heteroatoms. The van der Waals surface area contributed by atoms with Gasteiger partial charge in [0.1, 0.15) is 18.0 Å². The highest BCUT2D eigenvalue weighted by Crippen LogP contribution is 2.22. The molecule has 1 aliphatic heterocycles. The molecule has 0 aliphatic carbocycles. The van der Waals surface area contributed by atoms with Crippen LogP contribution in [0.4, 0.5) is 11.6 Å². The first-order chi connectivity index (χ1) is 10.2. The Kier molecular flexibility index (Phi) is 3.85. The fourth-order valence-corrected chi connectivity index (χ4v) is 2.41. The first-order valence-electron chi connectivity index (χ1n) is 7.14. The number of furan rings is 1. The van der Waals surface area contributed by atoms with Gasteiger partial charge in [0, 0.05) is 19.2 Å². The highest BCUT2D eigenvalue weighted by Gasteiger charge is 2.18. The molecule has 1 aliphatic rings. The van der Waals surface area contributed by atoms with E-state index in [1.165, 1.54) is 12.6 Å². The van der Waals surface area contributed by atoms with E-state index in [2.05, 4.69) is 27.1 Å². The van der Waals surface area contributed by atoms with Gasteiger partial charge in [-0.2, -0.15) is 0 Å². The standard InChI is InChI=1S/C15H18N4O2/c1-11-4-6-19(7-5-11)14-9-13(16-10-17-14)18-15(20)12-3-2-8-21-12/h2-3,8-11H,4-7H2,1H3,(H,16,17,18,20). The van der Waals surface area contributed by atoms with Crippen LogP contribution in [-0.2, 0) is 0 Å². The quantitative estimate of drug-likeness (QED) is 0.939. The van der Waals surface area contributed by atoms with Gasteiger partial charge in [0.2, 0.25) is 0 Å². The van der Waals surface area contributed by atoms with E-state index in [9.17, 15) is 4.79 Å². The van der Waals surface area contributed by atoms with Crippen LogP contribution in [0.3, 0.4) is 0 Å². The smallest absolute Gasteiger partial charge is 0.292 e. The molecule has 0 atom stereocenters. The van der Waals surface area contributed by atoms with Gasteiger partial charge in [-0.05, 0) is 30.9 Å². The second-order valence-corrected chi connectivity index (χ2v) is 5.36. The van der Waals surface area contributed by atoms with Gasteiger partial charge in [-0.15, -0.1) is 0 Å². The second kappa shape index (κ2) is 5.95. The Morgan fingerprint density at radius 2 is 2.19 bits per heavy atom. The van der Waals surface area contributed by atoms with E-state index in [0.717, 1.165) is 37.7 Å². The van der Waals surface area contributed by atoms with E-state index in [4.69, 9.17) is 4.42 Å². The maximum Gasteiger partial charge on any atom is 0.292 e. The van der Waals surface area contributed by atoms with Gasteiger partial charge in [-0.25, -0.2) is 9.97 Å². The zero-order valence-corrected chi connectivity index (χ0v) is 12.0. The number of amides is 1. The zero-order chi connectivity index (χ0) is 14.7. The van der Waals surface area contributed by atoms with Gasteiger partial charge in [0.25, 0.3) is 5.91 Å². The zero-order valence-electron chi connectivity index (χ0n) is 12.0. The number of anilines is 2. The van der Waals surface area contributed by atoms with Crippen molar-refractivity contribution in [2.75, 3.05) is 23.3 Å². The monoisotopic (exact) mass is 286 g/mol. The van der Waals surface area contributed by atoms with E-state index in [-0.39, 0.29) is 11.7 Å². The van der Waals surface area contributed by atoms with Crippen LogP contribution in [-0.4, -0.2) is 29.0 Å². The van der Waals surface area contributed by atoms with E-state index < -0.39 is 0 Å². The maximum absolute atomic E-state index is 11.9. The SMILES string of the molecule is CC1CCN(c2cc(NC(=O)c3ccco3)ncn2)CC1. The second-order valence-electron chi connectivity index (χ2n) is 5.36. The average molecular weight is 286 g/mol. The molecule has 2 aromatic heterocycles. The number of rotatable bonds is 3. The molecular weight excluding hydrogens is 268 g/mol. The number of carbonyl (C=O) groups is 1. The number of hydrogen-bond donors (Lipinski definition) is 1. The summed E-state index contributed by atoms with van der Waals surface area (Å²) in [5.41, 5.74) is 0. The minimum atomic E-state index is -0.308. The Morgan fingerprint density at radius 3 is 2.90 bits per heavy atom. The van der Waals surface area contributed by atoms with E-state index in [1.807, 2.05) is 0 Å². The van der Waals surface area contributed by atoms with Crippen LogP contribution in [0.5, 0.6) is 0 Å². The van der Waals surface area contributed by atoms with E-state index in [0.29, 0.717) is 5.82 Å². The van der Waals surface area contributed by atoms with Crippen LogP contribution in [0.1, 0.15) is 30.3 Å². The molecule has 0 bridgehead atoms. The molecule has 0 aromatic carbocycles. The number of aromatic nitrogens is 2. The van der Waals surface area contributed by atoms with Crippen molar-refractivity contribution in [3.63, 3.8) is 0 Å². The summed E-state index contributed by atoms with van der Waals surface area (Å²) < 4.78 is 5.06. The molecule has 21 heavy (non-hydrogen) atoms. The highest BCUT2D eigenvalue weighted by atomic mass is 16.3. The summed E-state index contributed by atoms with van der Waals surface area (Å²) in [5, 5.41) is 2.72. The Balaban J connectivity index is 1.70. The Hall–Kier alpha value is -2.37. The summed E-state index contributed by atoms with van der Waals surface area (Å²) in [6.45, 7) is 4.25. The number of nitrogens with one attached hydrogen (secondary N) is 1. The van der Waals surface area contributed by atoms with Gasteiger partial charge in [0.05, 0.1) is 6.26 Å². The molecule has 1 N–H and O–H groups in total. The number of piperidine rings is 1. The molecule has 3 heterocycles.